The Kier molecular flexibility index (Phi) is 5.87. The number of aryl methyl sites for hydroxylation is 1. The van der Waals surface area contributed by atoms with Gasteiger partial charge in [-0.15, -0.1) is 0 Å². The number of sulfonamides is 1. The standard InChI is InChI=1S/C24H19ClN4O5S/c1-15-26-24(27-34-15)19-4-2-3-16(9-19)12-29-22(30)13-28(14-23(29)31)35(32,33)21-8-6-17-10-20(25)7-5-18(17)11-21/h2-11H,12-14H2,1H3. The van der Waals surface area contributed by atoms with E-state index in [9.17, 15) is 18.0 Å². The van der Waals surface area contributed by atoms with E-state index in [0.717, 1.165) is 14.6 Å². The zero-order valence-electron chi connectivity index (χ0n) is 18.5. The summed E-state index contributed by atoms with van der Waals surface area (Å²) >= 11 is 6.00. The molecule has 3 aromatic carbocycles. The van der Waals surface area contributed by atoms with Gasteiger partial charge in [0.2, 0.25) is 33.6 Å². The first-order valence-electron chi connectivity index (χ1n) is 10.6. The topological polar surface area (TPSA) is 114 Å². The Balaban J connectivity index is 1.35. The van der Waals surface area contributed by atoms with Gasteiger partial charge in [0.05, 0.1) is 24.5 Å². The summed E-state index contributed by atoms with van der Waals surface area (Å²) in [5.41, 5.74) is 1.36. The first kappa shape index (κ1) is 23.2. The second-order valence-electron chi connectivity index (χ2n) is 8.14. The number of carbonyl (C=O) groups excluding carboxylic acids is 2. The minimum Gasteiger partial charge on any atom is -0.339 e. The van der Waals surface area contributed by atoms with Crippen LogP contribution < -0.4 is 0 Å². The Hall–Kier alpha value is -3.60. The minimum absolute atomic E-state index is 0.00415. The van der Waals surface area contributed by atoms with Crippen molar-refractivity contribution in [2.45, 2.75) is 18.4 Å². The Labute approximate surface area is 206 Å². The lowest BCUT2D eigenvalue weighted by Crippen LogP contribution is -2.54. The molecule has 0 spiro atoms. The van der Waals surface area contributed by atoms with Crippen LogP contribution >= 0.6 is 11.6 Å². The van der Waals surface area contributed by atoms with Gasteiger partial charge in [-0.3, -0.25) is 14.5 Å². The zero-order valence-corrected chi connectivity index (χ0v) is 20.1. The lowest BCUT2D eigenvalue weighted by atomic mass is 10.1. The second-order valence-corrected chi connectivity index (χ2v) is 10.5. The van der Waals surface area contributed by atoms with Crippen molar-refractivity contribution in [3.63, 3.8) is 0 Å². The van der Waals surface area contributed by atoms with Gasteiger partial charge < -0.3 is 4.52 Å². The van der Waals surface area contributed by atoms with E-state index >= 15 is 0 Å². The van der Waals surface area contributed by atoms with Gasteiger partial charge in [0.25, 0.3) is 0 Å². The molecule has 0 radical (unpaired) electrons. The predicted octanol–water partition coefficient (Wildman–Crippen LogP) is 3.41. The van der Waals surface area contributed by atoms with Gasteiger partial charge in [0.1, 0.15) is 0 Å². The summed E-state index contributed by atoms with van der Waals surface area (Å²) in [5.74, 6) is -0.379. The largest absolute Gasteiger partial charge is 0.339 e. The Morgan fingerprint density at radius 2 is 1.69 bits per heavy atom. The summed E-state index contributed by atoms with van der Waals surface area (Å²) in [6.07, 6.45) is 0. The third-order valence-corrected chi connectivity index (χ3v) is 7.71. The number of halogens is 1. The number of nitrogens with zero attached hydrogens (tertiary/aromatic N) is 4. The lowest BCUT2D eigenvalue weighted by molar-refractivity contribution is -0.149. The van der Waals surface area contributed by atoms with Crippen LogP contribution in [-0.4, -0.2) is 52.7 Å². The Morgan fingerprint density at radius 1 is 0.971 bits per heavy atom. The Morgan fingerprint density at radius 3 is 2.40 bits per heavy atom. The van der Waals surface area contributed by atoms with E-state index < -0.39 is 34.9 Å². The fourth-order valence-corrected chi connectivity index (χ4v) is 5.48. The van der Waals surface area contributed by atoms with Gasteiger partial charge in [-0.2, -0.15) is 9.29 Å². The van der Waals surface area contributed by atoms with E-state index in [1.54, 1.807) is 55.5 Å². The molecule has 5 rings (SSSR count). The molecular weight excluding hydrogens is 492 g/mol. The number of rotatable bonds is 5. The van der Waals surface area contributed by atoms with Crippen LogP contribution in [0.15, 0.2) is 70.1 Å². The third-order valence-electron chi connectivity index (χ3n) is 5.69. The summed E-state index contributed by atoms with van der Waals surface area (Å²) < 4.78 is 32.3. The van der Waals surface area contributed by atoms with Gasteiger partial charge in [0, 0.05) is 17.5 Å². The SMILES string of the molecule is Cc1nc(-c2cccc(CN3C(=O)CN(S(=O)(=O)c4ccc5cc(Cl)ccc5c4)CC3=O)c2)no1. The van der Waals surface area contributed by atoms with E-state index in [0.29, 0.717) is 33.3 Å². The molecule has 0 N–H and O–H groups in total. The van der Waals surface area contributed by atoms with Crippen molar-refractivity contribution in [1.82, 2.24) is 19.3 Å². The number of fused-ring (bicyclic) bond motifs is 1. The van der Waals surface area contributed by atoms with Crippen LogP contribution in [0.1, 0.15) is 11.5 Å². The van der Waals surface area contributed by atoms with E-state index in [-0.39, 0.29) is 11.4 Å². The number of amides is 2. The highest BCUT2D eigenvalue weighted by Gasteiger charge is 2.37. The molecule has 35 heavy (non-hydrogen) atoms. The molecule has 0 bridgehead atoms. The molecule has 1 aromatic heterocycles. The molecule has 0 unspecified atom stereocenters. The molecule has 2 heterocycles. The van der Waals surface area contributed by atoms with Crippen molar-refractivity contribution < 1.29 is 22.5 Å². The van der Waals surface area contributed by atoms with Crippen LogP contribution in [-0.2, 0) is 26.2 Å². The van der Waals surface area contributed by atoms with E-state index in [4.69, 9.17) is 16.1 Å². The molecule has 9 nitrogen and oxygen atoms in total. The summed E-state index contributed by atoms with van der Waals surface area (Å²) in [7, 11) is -4.06. The maximum absolute atomic E-state index is 13.2. The molecule has 1 aliphatic rings. The highest BCUT2D eigenvalue weighted by Crippen LogP contribution is 2.26. The average molecular weight is 511 g/mol. The van der Waals surface area contributed by atoms with Gasteiger partial charge in [-0.1, -0.05) is 47.1 Å². The molecular formula is C24H19ClN4O5S. The van der Waals surface area contributed by atoms with E-state index in [2.05, 4.69) is 10.1 Å². The monoisotopic (exact) mass is 510 g/mol. The van der Waals surface area contributed by atoms with Crippen molar-refractivity contribution in [2.24, 2.45) is 0 Å². The molecule has 0 aliphatic carbocycles. The quantitative estimate of drug-likeness (QED) is 0.378. The molecule has 1 fully saturated rings. The average Bonchev–Trinajstić information content (AvgIpc) is 3.27. The van der Waals surface area contributed by atoms with Crippen molar-refractivity contribution in [1.29, 1.82) is 0 Å². The second kappa shape index (κ2) is 8.88. The van der Waals surface area contributed by atoms with E-state index in [1.807, 2.05) is 0 Å². The van der Waals surface area contributed by atoms with Crippen LogP contribution in [0.2, 0.25) is 5.02 Å². The van der Waals surface area contributed by atoms with Crippen molar-refractivity contribution >= 4 is 44.2 Å². The molecule has 0 atom stereocenters. The lowest BCUT2D eigenvalue weighted by Gasteiger charge is -2.32. The summed E-state index contributed by atoms with van der Waals surface area (Å²) in [6, 6.07) is 16.8. The van der Waals surface area contributed by atoms with Gasteiger partial charge in [-0.05, 0) is 46.7 Å². The number of hydrogen-bond acceptors (Lipinski definition) is 7. The smallest absolute Gasteiger partial charge is 0.244 e. The fraction of sp³-hybridized carbons (Fsp3) is 0.167. The van der Waals surface area contributed by atoms with E-state index in [1.165, 1.54) is 12.1 Å². The number of benzene rings is 3. The maximum Gasteiger partial charge on any atom is 0.244 e. The first-order chi connectivity index (χ1) is 16.7. The predicted molar refractivity (Wildman–Crippen MR) is 128 cm³/mol. The highest BCUT2D eigenvalue weighted by molar-refractivity contribution is 7.89. The van der Waals surface area contributed by atoms with Gasteiger partial charge in [0.15, 0.2) is 0 Å². The van der Waals surface area contributed by atoms with Crippen molar-refractivity contribution in [3.8, 4) is 11.4 Å². The number of carbonyl (C=O) groups is 2. The van der Waals surface area contributed by atoms with Gasteiger partial charge >= 0.3 is 0 Å². The number of aromatic nitrogens is 2. The highest BCUT2D eigenvalue weighted by atomic mass is 35.5. The number of hydrogen-bond donors (Lipinski definition) is 0. The Bertz CT molecular complexity index is 1570. The van der Waals surface area contributed by atoms with Crippen LogP contribution in [0.4, 0.5) is 0 Å². The fourth-order valence-electron chi connectivity index (χ4n) is 3.93. The van der Waals surface area contributed by atoms with Crippen LogP contribution in [0.25, 0.3) is 22.2 Å². The van der Waals surface area contributed by atoms with Crippen molar-refractivity contribution in [2.75, 3.05) is 13.1 Å². The van der Waals surface area contributed by atoms with Crippen LogP contribution in [0.3, 0.4) is 0 Å². The summed E-state index contributed by atoms with van der Waals surface area (Å²) in [5, 5.41) is 5.89. The zero-order chi connectivity index (χ0) is 24.7. The molecule has 1 saturated heterocycles. The third kappa shape index (κ3) is 4.55. The molecule has 178 valence electrons. The van der Waals surface area contributed by atoms with Crippen molar-refractivity contribution in [3.05, 3.63) is 77.1 Å². The van der Waals surface area contributed by atoms with Gasteiger partial charge in [-0.25, -0.2) is 8.42 Å². The van der Waals surface area contributed by atoms with Crippen LogP contribution in [0.5, 0.6) is 0 Å². The molecule has 11 heteroatoms. The molecule has 0 saturated carbocycles. The number of piperazine rings is 1. The normalized spacial score (nSPS) is 15.2. The minimum atomic E-state index is -4.06. The summed E-state index contributed by atoms with van der Waals surface area (Å²) in [4.78, 5) is 31.0. The molecule has 2 amide bonds. The maximum atomic E-state index is 13.2. The van der Waals surface area contributed by atoms with Crippen LogP contribution in [0, 0.1) is 6.92 Å². The molecule has 1 aliphatic heterocycles. The first-order valence-corrected chi connectivity index (χ1v) is 12.4. The molecule has 4 aromatic rings. The summed E-state index contributed by atoms with van der Waals surface area (Å²) in [6.45, 7) is 0.818. The number of imide groups is 1.